The van der Waals surface area contributed by atoms with E-state index in [0.717, 1.165) is 37.4 Å². The summed E-state index contributed by atoms with van der Waals surface area (Å²) in [6.07, 6.45) is 4.28. The van der Waals surface area contributed by atoms with E-state index in [0.29, 0.717) is 12.6 Å². The molecule has 0 bridgehead atoms. The number of nitrogens with two attached hydrogens (primary N) is 1. The van der Waals surface area contributed by atoms with Crippen LogP contribution in [-0.4, -0.2) is 36.1 Å². The zero-order valence-electron chi connectivity index (χ0n) is 9.72. The number of ether oxygens (including phenoxy) is 1. The van der Waals surface area contributed by atoms with Gasteiger partial charge in [-0.1, -0.05) is 0 Å². The number of piperidine rings is 1. The van der Waals surface area contributed by atoms with Gasteiger partial charge < -0.3 is 15.4 Å². The molecular weight excluding hydrogens is 202 g/mol. The van der Waals surface area contributed by atoms with E-state index < -0.39 is 0 Å². The molecule has 4 heteroatoms. The molecule has 2 rings (SSSR count). The lowest BCUT2D eigenvalue weighted by Gasteiger charge is -2.29. The van der Waals surface area contributed by atoms with Crippen molar-refractivity contribution in [1.29, 1.82) is 0 Å². The minimum Gasteiger partial charge on any atom is -0.489 e. The van der Waals surface area contributed by atoms with Crippen LogP contribution in [0.25, 0.3) is 0 Å². The minimum absolute atomic E-state index is 0.335. The molecule has 0 aliphatic carbocycles. The Bertz CT molecular complexity index is 318. The Morgan fingerprint density at radius 3 is 2.75 bits per heavy atom. The second-order valence-corrected chi connectivity index (χ2v) is 4.31. The van der Waals surface area contributed by atoms with Crippen molar-refractivity contribution in [3.05, 3.63) is 24.0 Å². The first-order valence-electron chi connectivity index (χ1n) is 5.78. The van der Waals surface area contributed by atoms with Crippen molar-refractivity contribution >= 4 is 0 Å². The van der Waals surface area contributed by atoms with E-state index >= 15 is 0 Å². The van der Waals surface area contributed by atoms with Gasteiger partial charge in [0, 0.05) is 19.6 Å². The highest BCUT2D eigenvalue weighted by atomic mass is 16.5. The molecule has 0 spiro atoms. The summed E-state index contributed by atoms with van der Waals surface area (Å²) in [6.45, 7) is 2.70. The Kier molecular flexibility index (Phi) is 3.74. The van der Waals surface area contributed by atoms with Crippen LogP contribution in [0, 0.1) is 0 Å². The maximum absolute atomic E-state index is 5.87. The van der Waals surface area contributed by atoms with Gasteiger partial charge in [0.2, 0.25) is 0 Å². The normalized spacial score (nSPS) is 18.6. The molecule has 4 nitrogen and oxygen atoms in total. The Morgan fingerprint density at radius 2 is 2.19 bits per heavy atom. The predicted octanol–water partition coefficient (Wildman–Crippen LogP) is 1.01. The molecule has 1 aromatic rings. The maximum Gasteiger partial charge on any atom is 0.138 e. The summed E-state index contributed by atoms with van der Waals surface area (Å²) in [7, 11) is 2.15. The number of hydrogen-bond acceptors (Lipinski definition) is 4. The van der Waals surface area contributed by atoms with E-state index in [1.807, 2.05) is 12.1 Å². The zero-order valence-corrected chi connectivity index (χ0v) is 9.72. The van der Waals surface area contributed by atoms with E-state index in [-0.39, 0.29) is 0 Å². The zero-order chi connectivity index (χ0) is 11.4. The lowest BCUT2D eigenvalue weighted by atomic mass is 10.1. The summed E-state index contributed by atoms with van der Waals surface area (Å²) < 4.78 is 5.87. The van der Waals surface area contributed by atoms with Crippen LogP contribution < -0.4 is 10.5 Å². The average molecular weight is 221 g/mol. The second-order valence-electron chi connectivity index (χ2n) is 4.31. The molecule has 0 radical (unpaired) electrons. The standard InChI is InChI=1S/C12H19N3O/c1-15-6-4-11(5-7-15)16-12-3-2-10(8-13)14-9-12/h2-3,9,11H,4-8,13H2,1H3. The first-order valence-corrected chi connectivity index (χ1v) is 5.78. The van der Waals surface area contributed by atoms with Crippen LogP contribution in [0.2, 0.25) is 0 Å². The van der Waals surface area contributed by atoms with Crippen LogP contribution in [0.5, 0.6) is 5.75 Å². The van der Waals surface area contributed by atoms with Crippen molar-refractivity contribution in [2.24, 2.45) is 5.73 Å². The van der Waals surface area contributed by atoms with Crippen LogP contribution in [0.4, 0.5) is 0 Å². The van der Waals surface area contributed by atoms with E-state index in [2.05, 4.69) is 16.9 Å². The SMILES string of the molecule is CN1CCC(Oc2ccc(CN)nc2)CC1. The number of hydrogen-bond donors (Lipinski definition) is 1. The van der Waals surface area contributed by atoms with Gasteiger partial charge in [-0.2, -0.15) is 0 Å². The fourth-order valence-electron chi connectivity index (χ4n) is 1.90. The van der Waals surface area contributed by atoms with Crippen LogP contribution in [-0.2, 0) is 6.54 Å². The molecule has 88 valence electrons. The van der Waals surface area contributed by atoms with E-state index in [1.165, 1.54) is 0 Å². The molecular formula is C12H19N3O. The summed E-state index contributed by atoms with van der Waals surface area (Å²) in [5.41, 5.74) is 6.39. The highest BCUT2D eigenvalue weighted by molar-refractivity contribution is 5.20. The molecule has 1 aliphatic heterocycles. The van der Waals surface area contributed by atoms with Gasteiger partial charge in [0.15, 0.2) is 0 Å². The Labute approximate surface area is 96.4 Å². The minimum atomic E-state index is 0.335. The van der Waals surface area contributed by atoms with Gasteiger partial charge in [0.05, 0.1) is 11.9 Å². The maximum atomic E-state index is 5.87. The summed E-state index contributed by atoms with van der Waals surface area (Å²) in [4.78, 5) is 6.55. The summed E-state index contributed by atoms with van der Waals surface area (Å²) in [6, 6.07) is 3.87. The summed E-state index contributed by atoms with van der Waals surface area (Å²) >= 11 is 0. The van der Waals surface area contributed by atoms with Gasteiger partial charge in [-0.05, 0) is 32.0 Å². The predicted molar refractivity (Wildman–Crippen MR) is 63.3 cm³/mol. The van der Waals surface area contributed by atoms with E-state index in [9.17, 15) is 0 Å². The van der Waals surface area contributed by atoms with Crippen LogP contribution >= 0.6 is 0 Å². The van der Waals surface area contributed by atoms with Gasteiger partial charge in [-0.3, -0.25) is 4.98 Å². The van der Waals surface area contributed by atoms with Crippen molar-refractivity contribution in [3.8, 4) is 5.75 Å². The van der Waals surface area contributed by atoms with Crippen molar-refractivity contribution in [2.45, 2.75) is 25.5 Å². The van der Waals surface area contributed by atoms with Crippen LogP contribution in [0.1, 0.15) is 18.5 Å². The third-order valence-electron chi connectivity index (χ3n) is 2.98. The number of aromatic nitrogens is 1. The van der Waals surface area contributed by atoms with E-state index in [4.69, 9.17) is 10.5 Å². The molecule has 16 heavy (non-hydrogen) atoms. The molecule has 0 aromatic carbocycles. The van der Waals surface area contributed by atoms with E-state index in [1.54, 1.807) is 6.20 Å². The van der Waals surface area contributed by atoms with Crippen molar-refractivity contribution < 1.29 is 4.74 Å². The van der Waals surface area contributed by atoms with Crippen LogP contribution in [0.15, 0.2) is 18.3 Å². The topological polar surface area (TPSA) is 51.4 Å². The van der Waals surface area contributed by atoms with Crippen LogP contribution in [0.3, 0.4) is 0 Å². The molecule has 0 unspecified atom stereocenters. The van der Waals surface area contributed by atoms with Gasteiger partial charge in [0.25, 0.3) is 0 Å². The first kappa shape index (κ1) is 11.4. The molecule has 0 amide bonds. The molecule has 1 aromatic heterocycles. The summed E-state index contributed by atoms with van der Waals surface area (Å²) in [5, 5.41) is 0. The van der Waals surface area contributed by atoms with Crippen molar-refractivity contribution in [2.75, 3.05) is 20.1 Å². The lowest BCUT2D eigenvalue weighted by Crippen LogP contribution is -2.35. The first-order chi connectivity index (χ1) is 7.78. The highest BCUT2D eigenvalue weighted by Gasteiger charge is 2.17. The Balaban J connectivity index is 1.88. The fourth-order valence-corrected chi connectivity index (χ4v) is 1.90. The molecule has 0 atom stereocenters. The number of rotatable bonds is 3. The van der Waals surface area contributed by atoms with Gasteiger partial charge in [-0.25, -0.2) is 0 Å². The second kappa shape index (κ2) is 5.27. The molecule has 1 aliphatic rings. The monoisotopic (exact) mass is 221 g/mol. The molecule has 1 fully saturated rings. The quantitative estimate of drug-likeness (QED) is 0.827. The molecule has 2 N–H and O–H groups in total. The molecule has 1 saturated heterocycles. The molecule has 2 heterocycles. The fraction of sp³-hybridized carbons (Fsp3) is 0.583. The van der Waals surface area contributed by atoms with Crippen molar-refractivity contribution in [1.82, 2.24) is 9.88 Å². The number of likely N-dealkylation sites (tertiary alicyclic amines) is 1. The number of pyridine rings is 1. The van der Waals surface area contributed by atoms with Crippen molar-refractivity contribution in [3.63, 3.8) is 0 Å². The molecule has 0 saturated carbocycles. The Morgan fingerprint density at radius 1 is 1.44 bits per heavy atom. The number of nitrogens with zero attached hydrogens (tertiary/aromatic N) is 2. The largest absolute Gasteiger partial charge is 0.489 e. The third kappa shape index (κ3) is 2.93. The van der Waals surface area contributed by atoms with Gasteiger partial charge >= 0.3 is 0 Å². The lowest BCUT2D eigenvalue weighted by molar-refractivity contribution is 0.114. The highest BCUT2D eigenvalue weighted by Crippen LogP contribution is 2.17. The van der Waals surface area contributed by atoms with Gasteiger partial charge in [-0.15, -0.1) is 0 Å². The third-order valence-corrected chi connectivity index (χ3v) is 2.98. The van der Waals surface area contributed by atoms with Gasteiger partial charge in [0.1, 0.15) is 11.9 Å². The summed E-state index contributed by atoms with van der Waals surface area (Å²) in [5.74, 6) is 0.853. The Hall–Kier alpha value is -1.13. The average Bonchev–Trinajstić information content (AvgIpc) is 2.33. The smallest absolute Gasteiger partial charge is 0.138 e.